The molecule has 2 atom stereocenters. The van der Waals surface area contributed by atoms with Gasteiger partial charge in [-0.1, -0.05) is 26.0 Å². The second-order valence-corrected chi connectivity index (χ2v) is 4.92. The van der Waals surface area contributed by atoms with Crippen molar-refractivity contribution in [3.8, 4) is 5.75 Å². The molecule has 1 aromatic rings. The SMILES string of the molecule is CCOc1ccc(C(C)N[C@H](CO)C(C)C)cc1. The van der Waals surface area contributed by atoms with E-state index in [0.717, 1.165) is 5.75 Å². The Hall–Kier alpha value is -1.06. The Bertz CT molecular complexity index is 335. The largest absolute Gasteiger partial charge is 0.494 e. The molecular weight excluding hydrogens is 226 g/mol. The first kappa shape index (κ1) is 15.0. The van der Waals surface area contributed by atoms with E-state index >= 15 is 0 Å². The van der Waals surface area contributed by atoms with Crippen LogP contribution in [0.5, 0.6) is 5.75 Å². The maximum Gasteiger partial charge on any atom is 0.119 e. The Balaban J connectivity index is 2.63. The third-order valence-electron chi connectivity index (χ3n) is 3.16. The number of ether oxygens (including phenoxy) is 1. The number of rotatable bonds is 7. The zero-order valence-corrected chi connectivity index (χ0v) is 11.8. The van der Waals surface area contributed by atoms with Crippen LogP contribution in [0.15, 0.2) is 24.3 Å². The smallest absolute Gasteiger partial charge is 0.119 e. The topological polar surface area (TPSA) is 41.5 Å². The molecule has 2 N–H and O–H groups in total. The fourth-order valence-electron chi connectivity index (χ4n) is 1.89. The highest BCUT2D eigenvalue weighted by Gasteiger charge is 2.15. The fourth-order valence-corrected chi connectivity index (χ4v) is 1.89. The summed E-state index contributed by atoms with van der Waals surface area (Å²) in [7, 11) is 0. The standard InChI is InChI=1S/C15H25NO2/c1-5-18-14-8-6-13(7-9-14)12(4)16-15(10-17)11(2)3/h6-9,11-12,15-17H,5,10H2,1-4H3/t12?,15-/m1/s1. The lowest BCUT2D eigenvalue weighted by Crippen LogP contribution is -2.38. The molecule has 18 heavy (non-hydrogen) atoms. The maximum absolute atomic E-state index is 9.32. The number of nitrogens with one attached hydrogen (secondary N) is 1. The first-order valence-electron chi connectivity index (χ1n) is 6.68. The van der Waals surface area contributed by atoms with Crippen molar-refractivity contribution >= 4 is 0 Å². The lowest BCUT2D eigenvalue weighted by Gasteiger charge is -2.25. The predicted molar refractivity (Wildman–Crippen MR) is 74.9 cm³/mol. The summed E-state index contributed by atoms with van der Waals surface area (Å²) in [5.41, 5.74) is 1.21. The van der Waals surface area contributed by atoms with Gasteiger partial charge in [-0.3, -0.25) is 0 Å². The van der Waals surface area contributed by atoms with Gasteiger partial charge < -0.3 is 15.2 Å². The normalized spacial score (nSPS) is 14.6. The summed E-state index contributed by atoms with van der Waals surface area (Å²) in [4.78, 5) is 0. The van der Waals surface area contributed by atoms with Crippen molar-refractivity contribution in [1.82, 2.24) is 5.32 Å². The Labute approximate surface area is 110 Å². The highest BCUT2D eigenvalue weighted by Crippen LogP contribution is 2.19. The average Bonchev–Trinajstić information content (AvgIpc) is 2.36. The summed E-state index contributed by atoms with van der Waals surface area (Å²) in [6.07, 6.45) is 0. The molecule has 1 unspecified atom stereocenters. The Morgan fingerprint density at radius 2 is 1.78 bits per heavy atom. The van der Waals surface area contributed by atoms with Gasteiger partial charge in [0.15, 0.2) is 0 Å². The first-order chi connectivity index (χ1) is 8.58. The van der Waals surface area contributed by atoms with E-state index in [4.69, 9.17) is 4.74 Å². The van der Waals surface area contributed by atoms with Crippen LogP contribution in [-0.2, 0) is 0 Å². The highest BCUT2D eigenvalue weighted by molar-refractivity contribution is 5.29. The Kier molecular flexibility index (Phi) is 6.16. The summed E-state index contributed by atoms with van der Waals surface area (Å²) in [5, 5.41) is 12.8. The third-order valence-corrected chi connectivity index (χ3v) is 3.16. The number of aliphatic hydroxyl groups is 1. The molecule has 3 heteroatoms. The summed E-state index contributed by atoms with van der Waals surface area (Å²) in [6, 6.07) is 8.46. The Morgan fingerprint density at radius 1 is 1.17 bits per heavy atom. The van der Waals surface area contributed by atoms with Gasteiger partial charge in [0.05, 0.1) is 13.2 Å². The maximum atomic E-state index is 9.32. The third kappa shape index (κ3) is 4.31. The quantitative estimate of drug-likeness (QED) is 0.783. The molecule has 1 aromatic carbocycles. The fraction of sp³-hybridized carbons (Fsp3) is 0.600. The molecule has 0 heterocycles. The zero-order valence-electron chi connectivity index (χ0n) is 11.8. The van der Waals surface area contributed by atoms with E-state index < -0.39 is 0 Å². The van der Waals surface area contributed by atoms with Crippen molar-refractivity contribution < 1.29 is 9.84 Å². The summed E-state index contributed by atoms with van der Waals surface area (Å²) < 4.78 is 5.42. The van der Waals surface area contributed by atoms with E-state index in [1.807, 2.05) is 19.1 Å². The van der Waals surface area contributed by atoms with Gasteiger partial charge in [0.25, 0.3) is 0 Å². The minimum absolute atomic E-state index is 0.131. The van der Waals surface area contributed by atoms with E-state index in [1.54, 1.807) is 0 Å². The van der Waals surface area contributed by atoms with E-state index in [0.29, 0.717) is 12.5 Å². The van der Waals surface area contributed by atoms with Crippen LogP contribution in [0.25, 0.3) is 0 Å². The van der Waals surface area contributed by atoms with Gasteiger partial charge in [0.2, 0.25) is 0 Å². The molecule has 0 aromatic heterocycles. The predicted octanol–water partition coefficient (Wildman–Crippen LogP) is 2.75. The lowest BCUT2D eigenvalue weighted by atomic mass is 10.0. The minimum atomic E-state index is 0.131. The Morgan fingerprint density at radius 3 is 2.22 bits per heavy atom. The molecule has 0 saturated heterocycles. The van der Waals surface area contributed by atoms with Crippen molar-refractivity contribution in [1.29, 1.82) is 0 Å². The molecule has 0 amide bonds. The number of hydrogen-bond acceptors (Lipinski definition) is 3. The van der Waals surface area contributed by atoms with Gasteiger partial charge in [-0.05, 0) is 37.5 Å². The molecule has 0 aliphatic heterocycles. The minimum Gasteiger partial charge on any atom is -0.494 e. The van der Waals surface area contributed by atoms with Gasteiger partial charge >= 0.3 is 0 Å². The highest BCUT2D eigenvalue weighted by atomic mass is 16.5. The van der Waals surface area contributed by atoms with Gasteiger partial charge in [-0.15, -0.1) is 0 Å². The monoisotopic (exact) mass is 251 g/mol. The van der Waals surface area contributed by atoms with Crippen LogP contribution in [0.4, 0.5) is 0 Å². The van der Waals surface area contributed by atoms with Crippen LogP contribution in [0.3, 0.4) is 0 Å². The average molecular weight is 251 g/mol. The molecule has 0 saturated carbocycles. The molecule has 0 radical (unpaired) electrons. The van der Waals surface area contributed by atoms with E-state index in [1.165, 1.54) is 5.56 Å². The van der Waals surface area contributed by atoms with Crippen molar-refractivity contribution in [2.45, 2.75) is 39.8 Å². The molecule has 0 spiro atoms. The van der Waals surface area contributed by atoms with Gasteiger partial charge in [-0.2, -0.15) is 0 Å². The van der Waals surface area contributed by atoms with Crippen molar-refractivity contribution in [3.05, 3.63) is 29.8 Å². The first-order valence-corrected chi connectivity index (χ1v) is 6.68. The second-order valence-electron chi connectivity index (χ2n) is 4.92. The second kappa shape index (κ2) is 7.39. The molecular formula is C15H25NO2. The van der Waals surface area contributed by atoms with Crippen molar-refractivity contribution in [2.75, 3.05) is 13.2 Å². The number of benzene rings is 1. The van der Waals surface area contributed by atoms with Crippen LogP contribution in [0.1, 0.15) is 39.3 Å². The molecule has 0 aliphatic carbocycles. The molecule has 1 rings (SSSR count). The number of hydrogen-bond donors (Lipinski definition) is 2. The molecule has 0 aliphatic rings. The van der Waals surface area contributed by atoms with Gasteiger partial charge in [0.1, 0.15) is 5.75 Å². The van der Waals surface area contributed by atoms with Crippen LogP contribution in [0, 0.1) is 5.92 Å². The van der Waals surface area contributed by atoms with Gasteiger partial charge in [0, 0.05) is 12.1 Å². The summed E-state index contributed by atoms with van der Waals surface area (Å²) in [5.74, 6) is 1.32. The van der Waals surface area contributed by atoms with Crippen molar-refractivity contribution in [2.24, 2.45) is 5.92 Å². The zero-order chi connectivity index (χ0) is 13.5. The van der Waals surface area contributed by atoms with Gasteiger partial charge in [-0.25, -0.2) is 0 Å². The number of aliphatic hydroxyl groups excluding tert-OH is 1. The summed E-state index contributed by atoms with van der Waals surface area (Å²) >= 11 is 0. The molecule has 0 bridgehead atoms. The van der Waals surface area contributed by atoms with Crippen LogP contribution in [0.2, 0.25) is 0 Å². The molecule has 0 fully saturated rings. The molecule has 3 nitrogen and oxygen atoms in total. The van der Waals surface area contributed by atoms with Crippen LogP contribution < -0.4 is 10.1 Å². The van der Waals surface area contributed by atoms with E-state index in [9.17, 15) is 5.11 Å². The van der Waals surface area contributed by atoms with Crippen LogP contribution in [-0.4, -0.2) is 24.4 Å². The lowest BCUT2D eigenvalue weighted by molar-refractivity contribution is 0.201. The van der Waals surface area contributed by atoms with E-state index in [-0.39, 0.29) is 18.7 Å². The van der Waals surface area contributed by atoms with Crippen molar-refractivity contribution in [3.63, 3.8) is 0 Å². The summed E-state index contributed by atoms with van der Waals surface area (Å²) in [6.45, 7) is 9.16. The molecule has 102 valence electrons. The van der Waals surface area contributed by atoms with Crippen LogP contribution >= 0.6 is 0 Å². The van der Waals surface area contributed by atoms with E-state index in [2.05, 4.69) is 38.2 Å².